The van der Waals surface area contributed by atoms with Crippen LogP contribution in [0.5, 0.6) is 11.5 Å². The van der Waals surface area contributed by atoms with Crippen LogP contribution in [-0.2, 0) is 7.05 Å². The van der Waals surface area contributed by atoms with Crippen LogP contribution < -0.4 is 20.2 Å². The Labute approximate surface area is 182 Å². The van der Waals surface area contributed by atoms with Gasteiger partial charge in [-0.15, -0.1) is 0 Å². The molecule has 31 heavy (non-hydrogen) atoms. The van der Waals surface area contributed by atoms with E-state index in [0.29, 0.717) is 22.4 Å². The molecule has 6 nitrogen and oxygen atoms in total. The summed E-state index contributed by atoms with van der Waals surface area (Å²) in [6.07, 6.45) is 0. The molecule has 1 N–H and O–H groups in total. The number of anilines is 1. The number of pyridine rings is 1. The number of carbonyl (C=O) groups is 1. The molecule has 0 atom stereocenters. The van der Waals surface area contributed by atoms with E-state index in [-0.39, 0.29) is 28.9 Å². The smallest absolute Gasteiger partial charge is 0.272 e. The Morgan fingerprint density at radius 3 is 2.00 bits per heavy atom. The lowest BCUT2D eigenvalue weighted by Gasteiger charge is -2.21. The van der Waals surface area contributed by atoms with Gasteiger partial charge in [-0.25, -0.2) is 0 Å². The first-order valence-corrected chi connectivity index (χ1v) is 10.4. The molecule has 2 aromatic carbocycles. The van der Waals surface area contributed by atoms with E-state index in [1.54, 1.807) is 23.7 Å². The SMILES string of the molecule is COc1ccc(OC)c2c1c(=O)cc(C(=O)Nc1c(C(C)C)cccc1C(C)C)n2C. The Balaban J connectivity index is 2.20. The molecular weight excluding hydrogens is 392 g/mol. The van der Waals surface area contributed by atoms with Gasteiger partial charge in [0, 0.05) is 18.8 Å². The van der Waals surface area contributed by atoms with E-state index < -0.39 is 0 Å². The van der Waals surface area contributed by atoms with Crippen LogP contribution in [0.2, 0.25) is 0 Å². The van der Waals surface area contributed by atoms with Gasteiger partial charge in [-0.1, -0.05) is 45.9 Å². The molecule has 6 heteroatoms. The van der Waals surface area contributed by atoms with Gasteiger partial charge in [0.15, 0.2) is 5.43 Å². The maximum atomic E-state index is 13.4. The summed E-state index contributed by atoms with van der Waals surface area (Å²) in [6, 6.07) is 10.8. The molecule has 0 aliphatic heterocycles. The number of nitrogens with one attached hydrogen (secondary N) is 1. The number of hydrogen-bond donors (Lipinski definition) is 1. The fraction of sp³-hybridized carbons (Fsp3) is 0.360. The molecule has 0 aliphatic carbocycles. The summed E-state index contributed by atoms with van der Waals surface area (Å²) in [5, 5.41) is 3.47. The van der Waals surface area contributed by atoms with Crippen molar-refractivity contribution in [2.24, 2.45) is 7.05 Å². The van der Waals surface area contributed by atoms with Gasteiger partial charge < -0.3 is 19.4 Å². The van der Waals surface area contributed by atoms with Crippen LogP contribution in [0.15, 0.2) is 41.2 Å². The Morgan fingerprint density at radius 1 is 0.935 bits per heavy atom. The molecule has 0 saturated heterocycles. The highest BCUT2D eigenvalue weighted by Crippen LogP contribution is 2.34. The van der Waals surface area contributed by atoms with Gasteiger partial charge >= 0.3 is 0 Å². The summed E-state index contributed by atoms with van der Waals surface area (Å²) in [6.45, 7) is 8.38. The zero-order valence-corrected chi connectivity index (χ0v) is 19.2. The summed E-state index contributed by atoms with van der Waals surface area (Å²) in [5.41, 5.74) is 3.39. The lowest BCUT2D eigenvalue weighted by Crippen LogP contribution is -2.23. The number of carbonyl (C=O) groups excluding carboxylic acids is 1. The van der Waals surface area contributed by atoms with Crippen LogP contribution in [0.25, 0.3) is 10.9 Å². The zero-order valence-electron chi connectivity index (χ0n) is 19.2. The minimum Gasteiger partial charge on any atom is -0.496 e. The minimum atomic E-state index is -0.346. The Morgan fingerprint density at radius 2 is 1.48 bits per heavy atom. The molecule has 1 aromatic heterocycles. The second-order valence-corrected chi connectivity index (χ2v) is 8.22. The fourth-order valence-corrected chi connectivity index (χ4v) is 3.96. The van der Waals surface area contributed by atoms with Crippen molar-refractivity contribution in [2.75, 3.05) is 19.5 Å². The maximum Gasteiger partial charge on any atom is 0.272 e. The highest BCUT2D eigenvalue weighted by molar-refractivity contribution is 6.06. The number of fused-ring (bicyclic) bond motifs is 1. The number of rotatable bonds is 6. The van der Waals surface area contributed by atoms with E-state index >= 15 is 0 Å². The van der Waals surface area contributed by atoms with Gasteiger partial charge in [0.2, 0.25) is 0 Å². The number of para-hydroxylation sites is 1. The first kappa shape index (κ1) is 22.4. The van der Waals surface area contributed by atoms with Crippen LogP contribution in [0.3, 0.4) is 0 Å². The average Bonchev–Trinajstić information content (AvgIpc) is 2.74. The second kappa shape index (κ2) is 8.84. The molecule has 0 spiro atoms. The number of nitrogens with zero attached hydrogens (tertiary/aromatic N) is 1. The van der Waals surface area contributed by atoms with E-state index in [4.69, 9.17) is 9.47 Å². The number of ether oxygens (including phenoxy) is 2. The summed E-state index contributed by atoms with van der Waals surface area (Å²) in [5.74, 6) is 1.06. The number of aromatic nitrogens is 1. The Kier molecular flexibility index (Phi) is 6.39. The highest BCUT2D eigenvalue weighted by Gasteiger charge is 2.21. The zero-order chi connectivity index (χ0) is 22.9. The van der Waals surface area contributed by atoms with Gasteiger partial charge in [-0.3, -0.25) is 9.59 Å². The largest absolute Gasteiger partial charge is 0.496 e. The van der Waals surface area contributed by atoms with Crippen molar-refractivity contribution in [1.82, 2.24) is 4.57 Å². The van der Waals surface area contributed by atoms with Crippen LogP contribution in [0.1, 0.15) is 61.1 Å². The molecule has 0 radical (unpaired) electrons. The van der Waals surface area contributed by atoms with Crippen molar-refractivity contribution in [1.29, 1.82) is 0 Å². The first-order valence-electron chi connectivity index (χ1n) is 10.4. The fourth-order valence-electron chi connectivity index (χ4n) is 3.96. The number of benzene rings is 2. The molecule has 0 unspecified atom stereocenters. The predicted octanol–water partition coefficient (Wildman–Crippen LogP) is 5.05. The predicted molar refractivity (Wildman–Crippen MR) is 125 cm³/mol. The quantitative estimate of drug-likeness (QED) is 0.603. The molecule has 0 aliphatic rings. The molecule has 1 amide bonds. The second-order valence-electron chi connectivity index (χ2n) is 8.22. The van der Waals surface area contributed by atoms with Crippen LogP contribution in [0.4, 0.5) is 5.69 Å². The monoisotopic (exact) mass is 422 g/mol. The molecule has 0 fully saturated rings. The minimum absolute atomic E-state index is 0.235. The molecule has 0 bridgehead atoms. The van der Waals surface area contributed by atoms with Gasteiger partial charge in [-0.05, 0) is 35.1 Å². The molecule has 0 saturated carbocycles. The van der Waals surface area contributed by atoms with Gasteiger partial charge in [0.1, 0.15) is 17.2 Å². The van der Waals surface area contributed by atoms with Crippen LogP contribution >= 0.6 is 0 Å². The normalized spacial score (nSPS) is 11.3. The van der Waals surface area contributed by atoms with Gasteiger partial charge in [0.05, 0.1) is 25.1 Å². The standard InChI is InChI=1S/C25H30N2O4/c1-14(2)16-9-8-10-17(15(3)4)23(16)26-25(29)18-13-19(28)22-20(30-6)11-12-21(31-7)24(22)27(18)5/h8-15H,1-7H3,(H,26,29). The molecule has 3 rings (SSSR count). The third-order valence-electron chi connectivity index (χ3n) is 5.60. The van der Waals surface area contributed by atoms with E-state index in [2.05, 4.69) is 33.0 Å². The highest BCUT2D eigenvalue weighted by atomic mass is 16.5. The summed E-state index contributed by atoms with van der Waals surface area (Å²) in [4.78, 5) is 26.4. The number of methoxy groups -OCH3 is 2. The van der Waals surface area contributed by atoms with Crippen LogP contribution in [0, 0.1) is 0 Å². The number of amides is 1. The Hall–Kier alpha value is -3.28. The molecule has 164 valence electrons. The summed E-state index contributed by atoms with van der Waals surface area (Å²) >= 11 is 0. The van der Waals surface area contributed by atoms with Crippen molar-refractivity contribution in [3.8, 4) is 11.5 Å². The first-order chi connectivity index (χ1) is 14.7. The number of aryl methyl sites for hydroxylation is 1. The average molecular weight is 423 g/mol. The summed E-state index contributed by atoms with van der Waals surface area (Å²) in [7, 11) is 4.79. The van der Waals surface area contributed by atoms with Crippen molar-refractivity contribution in [2.45, 2.75) is 39.5 Å². The third-order valence-corrected chi connectivity index (χ3v) is 5.60. The van der Waals surface area contributed by atoms with Crippen molar-refractivity contribution in [3.05, 3.63) is 63.4 Å². The number of hydrogen-bond acceptors (Lipinski definition) is 4. The van der Waals surface area contributed by atoms with Gasteiger partial charge in [-0.2, -0.15) is 0 Å². The molecular formula is C25H30N2O4. The lowest BCUT2D eigenvalue weighted by atomic mass is 9.92. The van der Waals surface area contributed by atoms with E-state index in [0.717, 1.165) is 16.8 Å². The van der Waals surface area contributed by atoms with Crippen molar-refractivity contribution in [3.63, 3.8) is 0 Å². The Bertz CT molecular complexity index is 1170. The van der Waals surface area contributed by atoms with Crippen molar-refractivity contribution >= 4 is 22.5 Å². The van der Waals surface area contributed by atoms with Gasteiger partial charge in [0.25, 0.3) is 5.91 Å². The third kappa shape index (κ3) is 4.02. The van der Waals surface area contributed by atoms with Crippen molar-refractivity contribution < 1.29 is 14.3 Å². The van der Waals surface area contributed by atoms with Crippen LogP contribution in [-0.4, -0.2) is 24.7 Å². The maximum absolute atomic E-state index is 13.4. The van der Waals surface area contributed by atoms with E-state index in [9.17, 15) is 9.59 Å². The van der Waals surface area contributed by atoms with E-state index in [1.807, 2.05) is 18.2 Å². The molecule has 3 aromatic rings. The molecule has 1 heterocycles. The summed E-state index contributed by atoms with van der Waals surface area (Å²) < 4.78 is 12.5. The van der Waals surface area contributed by atoms with E-state index in [1.165, 1.54) is 20.3 Å². The lowest BCUT2D eigenvalue weighted by molar-refractivity contribution is 0.101. The topological polar surface area (TPSA) is 69.6 Å².